The van der Waals surface area contributed by atoms with Gasteiger partial charge in [0.05, 0.1) is 0 Å². The molecule has 0 saturated heterocycles. The van der Waals surface area contributed by atoms with Crippen molar-refractivity contribution in [2.75, 3.05) is 0 Å². The van der Waals surface area contributed by atoms with Crippen molar-refractivity contribution in [3.05, 3.63) is 0 Å². The molecule has 0 aromatic carbocycles. The molecule has 0 spiro atoms. The van der Waals surface area contributed by atoms with E-state index < -0.39 is 19.2 Å². The molecule has 39 heavy (non-hydrogen) atoms. The number of carbonyl (C=O) groups is 2. The second-order valence-electron chi connectivity index (χ2n) is 15.1. The SMILES string of the molecule is CCCC[C@H](CC)C(=O)[O][Sn]([CH2]C[C@@H](C)CC(C)(C)C)([CH2]C[C@H](C)CC(C)(C)C)[O]C(=O)[C@@H](CC)CCCC. The van der Waals surface area contributed by atoms with Crippen molar-refractivity contribution in [1.82, 2.24) is 0 Å². The summed E-state index contributed by atoms with van der Waals surface area (Å²) in [6.07, 6.45) is 11.6. The van der Waals surface area contributed by atoms with Gasteiger partial charge in [0.1, 0.15) is 0 Å². The Kier molecular flexibility index (Phi) is 18.9. The number of hydrogen-bond acceptors (Lipinski definition) is 4. The number of unbranched alkanes of at least 4 members (excludes halogenated alkanes) is 2. The van der Waals surface area contributed by atoms with Gasteiger partial charge < -0.3 is 0 Å². The Morgan fingerprint density at radius 3 is 1.21 bits per heavy atom. The molecule has 0 aliphatic carbocycles. The average Bonchev–Trinajstić information content (AvgIpc) is 2.80. The van der Waals surface area contributed by atoms with Crippen LogP contribution in [-0.4, -0.2) is 31.1 Å². The summed E-state index contributed by atoms with van der Waals surface area (Å²) in [5.41, 5.74) is 0.486. The van der Waals surface area contributed by atoms with Gasteiger partial charge >= 0.3 is 250 Å². The van der Waals surface area contributed by atoms with Crippen LogP contribution in [0.2, 0.25) is 8.87 Å². The topological polar surface area (TPSA) is 52.6 Å². The molecule has 0 radical (unpaired) electrons. The van der Waals surface area contributed by atoms with Crippen molar-refractivity contribution >= 4 is 31.1 Å². The first-order valence-electron chi connectivity index (χ1n) is 16.5. The van der Waals surface area contributed by atoms with Crippen LogP contribution in [0.5, 0.6) is 0 Å². The summed E-state index contributed by atoms with van der Waals surface area (Å²) in [4.78, 5) is 27.3. The first-order valence-corrected chi connectivity index (χ1v) is 22.8. The van der Waals surface area contributed by atoms with E-state index in [0.29, 0.717) is 11.8 Å². The van der Waals surface area contributed by atoms with Crippen LogP contribution in [0, 0.1) is 34.5 Å². The molecule has 0 aliphatic rings. The maximum atomic E-state index is 13.7. The van der Waals surface area contributed by atoms with Gasteiger partial charge in [0, 0.05) is 0 Å². The molecule has 0 N–H and O–H groups in total. The van der Waals surface area contributed by atoms with Gasteiger partial charge in [-0.3, -0.25) is 0 Å². The van der Waals surface area contributed by atoms with Crippen molar-refractivity contribution in [3.63, 3.8) is 0 Å². The van der Waals surface area contributed by atoms with Gasteiger partial charge in [0.25, 0.3) is 0 Å². The second-order valence-corrected chi connectivity index (χ2v) is 24.3. The van der Waals surface area contributed by atoms with Crippen LogP contribution in [0.4, 0.5) is 0 Å². The quantitative estimate of drug-likeness (QED) is 0.122. The van der Waals surface area contributed by atoms with E-state index >= 15 is 0 Å². The molecule has 0 bridgehead atoms. The Bertz CT molecular complexity index is 618. The van der Waals surface area contributed by atoms with Crippen LogP contribution in [0.15, 0.2) is 0 Å². The van der Waals surface area contributed by atoms with E-state index in [1.807, 2.05) is 0 Å². The van der Waals surface area contributed by atoms with Gasteiger partial charge in [-0.25, -0.2) is 0 Å². The van der Waals surface area contributed by atoms with Gasteiger partial charge in [-0.2, -0.15) is 0 Å². The van der Waals surface area contributed by atoms with E-state index in [2.05, 4.69) is 83.1 Å². The molecule has 0 saturated carbocycles. The molecular formula is C34H68O4Sn. The molecule has 232 valence electrons. The normalized spacial score (nSPS) is 15.9. The summed E-state index contributed by atoms with van der Waals surface area (Å²) in [6, 6.07) is 0. The Balaban J connectivity index is 6.26. The van der Waals surface area contributed by atoms with Crippen LogP contribution < -0.4 is 0 Å². The molecule has 0 aromatic rings. The van der Waals surface area contributed by atoms with E-state index in [9.17, 15) is 9.59 Å². The van der Waals surface area contributed by atoms with Crippen LogP contribution in [-0.2, 0) is 15.7 Å². The second kappa shape index (κ2) is 19.0. The van der Waals surface area contributed by atoms with Crippen molar-refractivity contribution in [2.45, 2.75) is 169 Å². The fourth-order valence-corrected chi connectivity index (χ4v) is 16.4. The van der Waals surface area contributed by atoms with Crippen molar-refractivity contribution in [2.24, 2.45) is 34.5 Å². The number of rotatable bonds is 20. The molecule has 0 aliphatic heterocycles. The van der Waals surface area contributed by atoms with Crippen molar-refractivity contribution < 1.29 is 15.7 Å². The molecule has 0 amide bonds. The van der Waals surface area contributed by atoms with E-state index in [0.717, 1.165) is 85.9 Å². The number of hydrogen-bond donors (Lipinski definition) is 0. The van der Waals surface area contributed by atoms with Gasteiger partial charge in [-0.15, -0.1) is 0 Å². The molecule has 0 aromatic heterocycles. The molecule has 0 heterocycles. The fourth-order valence-electron chi connectivity index (χ4n) is 5.99. The van der Waals surface area contributed by atoms with Gasteiger partial charge in [-0.05, 0) is 0 Å². The predicted molar refractivity (Wildman–Crippen MR) is 170 cm³/mol. The summed E-state index contributed by atoms with van der Waals surface area (Å²) < 4.78 is 14.8. The first kappa shape index (κ1) is 38.7. The van der Waals surface area contributed by atoms with Crippen LogP contribution in [0.25, 0.3) is 0 Å². The Morgan fingerprint density at radius 1 is 0.615 bits per heavy atom. The standard InChI is InChI=1S/2C9H19.2C8H16O2.Sn/c2*1-6-8(2)7-9(3,4)5;2*1-3-5-6-7(4-2)8(9)10;/h2*8H,1,6-7H2,2-5H3;2*7H,3-6H2,1-2H3,(H,9,10);/q;;;;+2/p-2/t2*8-;2*7-;/m1000./s1. The molecule has 4 atom stereocenters. The van der Waals surface area contributed by atoms with Gasteiger partial charge in [0.2, 0.25) is 0 Å². The monoisotopic (exact) mass is 660 g/mol. The molecule has 0 fully saturated rings. The molecule has 0 unspecified atom stereocenters. The third-order valence-corrected chi connectivity index (χ3v) is 17.3. The summed E-state index contributed by atoms with van der Waals surface area (Å²) in [6.45, 7) is 26.8. The molecule has 0 rings (SSSR count). The van der Waals surface area contributed by atoms with Crippen LogP contribution >= 0.6 is 0 Å². The summed E-state index contributed by atoms with van der Waals surface area (Å²) in [5, 5.41) is 0. The predicted octanol–water partition coefficient (Wildman–Crippen LogP) is 10.9. The zero-order valence-corrected chi connectivity index (χ0v) is 31.2. The Morgan fingerprint density at radius 2 is 0.949 bits per heavy atom. The van der Waals surface area contributed by atoms with Crippen molar-refractivity contribution in [3.8, 4) is 0 Å². The van der Waals surface area contributed by atoms with Crippen molar-refractivity contribution in [1.29, 1.82) is 0 Å². The Hall–Kier alpha value is -0.261. The first-order chi connectivity index (χ1) is 18.0. The molecule has 5 heteroatoms. The fraction of sp³-hybridized carbons (Fsp3) is 0.941. The Labute approximate surface area is 249 Å². The minimum absolute atomic E-state index is 0.0943. The molecular weight excluding hydrogens is 591 g/mol. The van der Waals surface area contributed by atoms with Gasteiger partial charge in [-0.1, -0.05) is 0 Å². The zero-order chi connectivity index (χ0) is 30.3. The zero-order valence-electron chi connectivity index (χ0n) is 28.3. The minimum atomic E-state index is -4.13. The third kappa shape index (κ3) is 18.0. The summed E-state index contributed by atoms with van der Waals surface area (Å²) in [7, 11) is 0. The van der Waals surface area contributed by atoms with E-state index in [1.54, 1.807) is 0 Å². The molecule has 4 nitrogen and oxygen atoms in total. The summed E-state index contributed by atoms with van der Waals surface area (Å²) >= 11 is -4.13. The van der Waals surface area contributed by atoms with E-state index in [1.165, 1.54) is 0 Å². The van der Waals surface area contributed by atoms with E-state index in [-0.39, 0.29) is 34.6 Å². The van der Waals surface area contributed by atoms with Crippen LogP contribution in [0.1, 0.15) is 160 Å². The summed E-state index contributed by atoms with van der Waals surface area (Å²) in [5.74, 6) is 0.608. The third-order valence-electron chi connectivity index (χ3n) is 8.00. The number of carbonyl (C=O) groups excluding carboxylic acids is 2. The van der Waals surface area contributed by atoms with Crippen LogP contribution in [0.3, 0.4) is 0 Å². The average molecular weight is 660 g/mol. The maximum absolute atomic E-state index is 13.7. The van der Waals surface area contributed by atoms with E-state index in [4.69, 9.17) is 6.15 Å². The van der Waals surface area contributed by atoms with Gasteiger partial charge in [0.15, 0.2) is 0 Å².